The zero-order valence-corrected chi connectivity index (χ0v) is 5.92. The van der Waals surface area contributed by atoms with Crippen LogP contribution in [0.25, 0.3) is 0 Å². The molecule has 1 aliphatic heterocycles. The summed E-state index contributed by atoms with van der Waals surface area (Å²) in [5, 5.41) is 0. The number of hydrogen-bond acceptors (Lipinski definition) is 4. The lowest BCUT2D eigenvalue weighted by Gasteiger charge is -2.05. The minimum atomic E-state index is -0.250. The quantitative estimate of drug-likeness (QED) is 0.548. The highest BCUT2D eigenvalue weighted by atomic mass is 16.7. The normalized spacial score (nSPS) is 24.7. The van der Waals surface area contributed by atoms with Gasteiger partial charge in [-0.3, -0.25) is 4.79 Å². The van der Waals surface area contributed by atoms with Gasteiger partial charge in [0.2, 0.25) is 0 Å². The SMILES string of the molecule is CCOC(=O)[C@H]1CCON1. The molecule has 0 aliphatic carbocycles. The Balaban J connectivity index is 2.25. The van der Waals surface area contributed by atoms with Crippen LogP contribution >= 0.6 is 0 Å². The van der Waals surface area contributed by atoms with Gasteiger partial charge in [-0.15, -0.1) is 0 Å². The Kier molecular flexibility index (Phi) is 2.65. The summed E-state index contributed by atoms with van der Waals surface area (Å²) >= 11 is 0. The first kappa shape index (κ1) is 7.50. The van der Waals surface area contributed by atoms with Crippen LogP contribution in [0.2, 0.25) is 0 Å². The monoisotopic (exact) mass is 145 g/mol. The molecule has 0 aromatic carbocycles. The van der Waals surface area contributed by atoms with Crippen molar-refractivity contribution in [2.75, 3.05) is 13.2 Å². The number of nitrogens with one attached hydrogen (secondary N) is 1. The van der Waals surface area contributed by atoms with Gasteiger partial charge in [0.15, 0.2) is 0 Å². The second-order valence-corrected chi connectivity index (χ2v) is 2.06. The average molecular weight is 145 g/mol. The van der Waals surface area contributed by atoms with E-state index < -0.39 is 0 Å². The molecule has 4 nitrogen and oxygen atoms in total. The van der Waals surface area contributed by atoms with Crippen LogP contribution in [-0.4, -0.2) is 25.2 Å². The summed E-state index contributed by atoms with van der Waals surface area (Å²) < 4.78 is 4.74. The third-order valence-corrected chi connectivity index (χ3v) is 1.31. The van der Waals surface area contributed by atoms with Gasteiger partial charge < -0.3 is 9.57 Å². The molecule has 0 aromatic rings. The van der Waals surface area contributed by atoms with Gasteiger partial charge in [-0.2, -0.15) is 5.48 Å². The lowest BCUT2D eigenvalue weighted by Crippen LogP contribution is -2.31. The minimum absolute atomic E-state index is 0.222. The fourth-order valence-electron chi connectivity index (χ4n) is 0.804. The standard InChI is InChI=1S/C6H11NO3/c1-2-9-6(8)5-3-4-10-7-5/h5,7H,2-4H2,1H3/t5-/m1/s1. The highest BCUT2D eigenvalue weighted by molar-refractivity contribution is 5.75. The van der Waals surface area contributed by atoms with Crippen LogP contribution in [-0.2, 0) is 14.4 Å². The number of hydroxylamine groups is 1. The van der Waals surface area contributed by atoms with Crippen molar-refractivity contribution in [2.24, 2.45) is 0 Å². The Labute approximate surface area is 59.5 Å². The van der Waals surface area contributed by atoms with Crippen molar-refractivity contribution in [2.45, 2.75) is 19.4 Å². The fraction of sp³-hybridized carbons (Fsp3) is 0.833. The van der Waals surface area contributed by atoms with E-state index in [2.05, 4.69) is 5.48 Å². The molecule has 1 atom stereocenters. The zero-order chi connectivity index (χ0) is 7.40. The van der Waals surface area contributed by atoms with Crippen LogP contribution < -0.4 is 5.48 Å². The highest BCUT2D eigenvalue weighted by Gasteiger charge is 2.23. The Morgan fingerprint density at radius 3 is 3.20 bits per heavy atom. The first-order valence-electron chi connectivity index (χ1n) is 3.38. The summed E-state index contributed by atoms with van der Waals surface area (Å²) in [6, 6.07) is -0.250. The molecule has 0 saturated carbocycles. The van der Waals surface area contributed by atoms with Crippen molar-refractivity contribution in [1.82, 2.24) is 5.48 Å². The topological polar surface area (TPSA) is 47.6 Å². The van der Waals surface area contributed by atoms with E-state index in [1.807, 2.05) is 0 Å². The number of ether oxygens (including phenoxy) is 1. The van der Waals surface area contributed by atoms with E-state index in [1.165, 1.54) is 0 Å². The van der Waals surface area contributed by atoms with Gasteiger partial charge in [0, 0.05) is 6.42 Å². The highest BCUT2D eigenvalue weighted by Crippen LogP contribution is 2.02. The van der Waals surface area contributed by atoms with Gasteiger partial charge in [-0.05, 0) is 6.92 Å². The van der Waals surface area contributed by atoms with Crippen LogP contribution in [0.15, 0.2) is 0 Å². The number of carbonyl (C=O) groups excluding carboxylic acids is 1. The van der Waals surface area contributed by atoms with Gasteiger partial charge in [0.1, 0.15) is 6.04 Å². The molecule has 10 heavy (non-hydrogen) atoms. The fourth-order valence-corrected chi connectivity index (χ4v) is 0.804. The molecule has 0 amide bonds. The Bertz CT molecular complexity index is 120. The average Bonchev–Trinajstić information content (AvgIpc) is 2.38. The van der Waals surface area contributed by atoms with Crippen molar-refractivity contribution in [1.29, 1.82) is 0 Å². The van der Waals surface area contributed by atoms with Crippen molar-refractivity contribution >= 4 is 5.97 Å². The minimum Gasteiger partial charge on any atom is -0.465 e. The summed E-state index contributed by atoms with van der Waals surface area (Å²) in [4.78, 5) is 15.7. The van der Waals surface area contributed by atoms with Crippen LogP contribution in [0.3, 0.4) is 0 Å². The predicted octanol–water partition coefficient (Wildman–Crippen LogP) is -0.157. The predicted molar refractivity (Wildman–Crippen MR) is 34.1 cm³/mol. The second-order valence-electron chi connectivity index (χ2n) is 2.06. The molecule has 1 N–H and O–H groups in total. The Morgan fingerprint density at radius 2 is 2.70 bits per heavy atom. The van der Waals surface area contributed by atoms with E-state index >= 15 is 0 Å². The van der Waals surface area contributed by atoms with E-state index in [1.54, 1.807) is 6.92 Å². The maximum Gasteiger partial charge on any atom is 0.325 e. The molecule has 0 aromatic heterocycles. The maximum atomic E-state index is 10.9. The van der Waals surface area contributed by atoms with Crippen LogP contribution in [0.4, 0.5) is 0 Å². The molecule has 1 aliphatic rings. The molecule has 1 rings (SSSR count). The molecule has 58 valence electrons. The summed E-state index contributed by atoms with van der Waals surface area (Å²) in [6.45, 7) is 2.80. The van der Waals surface area contributed by atoms with Gasteiger partial charge in [-0.25, -0.2) is 0 Å². The number of rotatable bonds is 2. The summed E-state index contributed by atoms with van der Waals surface area (Å²) in [5.74, 6) is -0.222. The first-order valence-corrected chi connectivity index (χ1v) is 3.38. The Morgan fingerprint density at radius 1 is 1.90 bits per heavy atom. The van der Waals surface area contributed by atoms with E-state index in [0.717, 1.165) is 0 Å². The molecule has 0 unspecified atom stereocenters. The molecular weight excluding hydrogens is 134 g/mol. The van der Waals surface area contributed by atoms with Crippen molar-refractivity contribution in [3.63, 3.8) is 0 Å². The third kappa shape index (κ3) is 1.68. The molecule has 0 spiro atoms. The van der Waals surface area contributed by atoms with Gasteiger partial charge in [-0.1, -0.05) is 0 Å². The lowest BCUT2D eigenvalue weighted by atomic mass is 10.2. The van der Waals surface area contributed by atoms with Crippen molar-refractivity contribution in [3.8, 4) is 0 Å². The smallest absolute Gasteiger partial charge is 0.325 e. The van der Waals surface area contributed by atoms with E-state index in [0.29, 0.717) is 19.6 Å². The van der Waals surface area contributed by atoms with Crippen LogP contribution in [0.5, 0.6) is 0 Å². The largest absolute Gasteiger partial charge is 0.465 e. The molecule has 0 bridgehead atoms. The van der Waals surface area contributed by atoms with Gasteiger partial charge in [0.25, 0.3) is 0 Å². The molecular formula is C6H11NO3. The van der Waals surface area contributed by atoms with Gasteiger partial charge >= 0.3 is 5.97 Å². The van der Waals surface area contributed by atoms with Crippen molar-refractivity contribution < 1.29 is 14.4 Å². The van der Waals surface area contributed by atoms with Crippen LogP contribution in [0.1, 0.15) is 13.3 Å². The molecule has 1 fully saturated rings. The first-order chi connectivity index (χ1) is 4.84. The number of carbonyl (C=O) groups is 1. The molecule has 4 heteroatoms. The molecule has 1 heterocycles. The number of hydrogen-bond donors (Lipinski definition) is 1. The molecule has 1 saturated heterocycles. The second kappa shape index (κ2) is 3.53. The summed E-state index contributed by atoms with van der Waals surface area (Å²) in [5.41, 5.74) is 2.57. The van der Waals surface area contributed by atoms with Gasteiger partial charge in [0.05, 0.1) is 13.2 Å². The maximum absolute atomic E-state index is 10.9. The number of esters is 1. The van der Waals surface area contributed by atoms with Crippen molar-refractivity contribution in [3.05, 3.63) is 0 Å². The Hall–Kier alpha value is -0.610. The van der Waals surface area contributed by atoms with E-state index in [-0.39, 0.29) is 12.0 Å². The third-order valence-electron chi connectivity index (χ3n) is 1.31. The summed E-state index contributed by atoms with van der Waals surface area (Å²) in [6.07, 6.45) is 0.707. The van der Waals surface area contributed by atoms with E-state index in [9.17, 15) is 4.79 Å². The van der Waals surface area contributed by atoms with E-state index in [4.69, 9.17) is 9.57 Å². The lowest BCUT2D eigenvalue weighted by molar-refractivity contribution is -0.146. The molecule has 0 radical (unpaired) electrons. The summed E-state index contributed by atoms with van der Waals surface area (Å²) in [7, 11) is 0. The van der Waals surface area contributed by atoms with Crippen LogP contribution in [0, 0.1) is 0 Å². The zero-order valence-electron chi connectivity index (χ0n) is 5.92.